The minimum atomic E-state index is -0.298. The Balaban J connectivity index is 1.93. The number of aliphatic hydroxyl groups is 1. The van der Waals surface area contributed by atoms with Crippen molar-refractivity contribution in [3.05, 3.63) is 28.7 Å². The van der Waals surface area contributed by atoms with Gasteiger partial charge < -0.3 is 10.4 Å². The number of nitrogens with one attached hydrogen (secondary N) is 1. The summed E-state index contributed by atoms with van der Waals surface area (Å²) in [5.41, 5.74) is 0.787. The maximum absolute atomic E-state index is 12.0. The van der Waals surface area contributed by atoms with Gasteiger partial charge in [0.25, 0.3) is 0 Å². The number of benzene rings is 1. The van der Waals surface area contributed by atoms with E-state index in [4.69, 9.17) is 0 Å². The van der Waals surface area contributed by atoms with Crippen LogP contribution in [0.15, 0.2) is 28.7 Å². The lowest BCUT2D eigenvalue weighted by molar-refractivity contribution is -0.120. The first kappa shape index (κ1) is 13.5. The van der Waals surface area contributed by atoms with E-state index in [0.29, 0.717) is 6.54 Å². The average Bonchev–Trinajstić information content (AvgIpc) is 2.78. The molecule has 1 amide bonds. The van der Waals surface area contributed by atoms with E-state index < -0.39 is 0 Å². The van der Waals surface area contributed by atoms with Crippen molar-refractivity contribution in [2.75, 3.05) is 18.4 Å². The van der Waals surface area contributed by atoms with Crippen LogP contribution in [0, 0.1) is 0 Å². The highest BCUT2D eigenvalue weighted by Crippen LogP contribution is 2.16. The Labute approximate surface area is 115 Å². The number of nitrogens with zero attached hydrogens (tertiary/aromatic N) is 1. The van der Waals surface area contributed by atoms with Crippen LogP contribution >= 0.6 is 15.9 Å². The number of aliphatic hydroxyl groups excluding tert-OH is 1. The number of hydrogen-bond donors (Lipinski definition) is 2. The number of β-amino-alcohol motifs (C(OH)–C–C–N with tert-alkyl or cyclic N) is 1. The summed E-state index contributed by atoms with van der Waals surface area (Å²) in [6, 6.07) is 7.27. The highest BCUT2D eigenvalue weighted by molar-refractivity contribution is 9.10. The maximum Gasteiger partial charge on any atom is 0.241 e. The third kappa shape index (κ3) is 3.31. The zero-order chi connectivity index (χ0) is 13.1. The lowest BCUT2D eigenvalue weighted by atomic mass is 10.2. The summed E-state index contributed by atoms with van der Waals surface area (Å²) < 4.78 is 0.983. The number of rotatable bonds is 3. The molecule has 4 nitrogen and oxygen atoms in total. The Morgan fingerprint density at radius 2 is 2.17 bits per heavy atom. The van der Waals surface area contributed by atoms with E-state index in [1.165, 1.54) is 0 Å². The van der Waals surface area contributed by atoms with Gasteiger partial charge in [-0.2, -0.15) is 0 Å². The second kappa shape index (κ2) is 5.82. The summed E-state index contributed by atoms with van der Waals surface area (Å²) >= 11 is 3.35. The van der Waals surface area contributed by atoms with Gasteiger partial charge in [-0.25, -0.2) is 0 Å². The molecule has 1 heterocycles. The first-order valence-corrected chi connectivity index (χ1v) is 6.84. The third-order valence-corrected chi connectivity index (χ3v) is 3.76. The molecule has 0 aromatic heterocycles. The van der Waals surface area contributed by atoms with Gasteiger partial charge in [0.05, 0.1) is 12.1 Å². The molecule has 2 rings (SSSR count). The standard InChI is InChI=1S/C13H17BrN2O2/c1-9(16-7-6-12(17)8-16)13(18)15-11-4-2-10(14)3-5-11/h2-5,9,12,17H,6-8H2,1H3,(H,15,18)/t9?,12-/m0/s1. The Kier molecular flexibility index (Phi) is 4.37. The zero-order valence-electron chi connectivity index (χ0n) is 10.3. The second-order valence-corrected chi connectivity index (χ2v) is 5.53. The lowest BCUT2D eigenvalue weighted by Gasteiger charge is -2.22. The van der Waals surface area contributed by atoms with Gasteiger partial charge in [0.15, 0.2) is 0 Å². The van der Waals surface area contributed by atoms with Crippen molar-refractivity contribution >= 4 is 27.5 Å². The Morgan fingerprint density at radius 1 is 1.50 bits per heavy atom. The van der Waals surface area contributed by atoms with Crippen LogP contribution in [0.1, 0.15) is 13.3 Å². The van der Waals surface area contributed by atoms with E-state index >= 15 is 0 Å². The van der Waals surface area contributed by atoms with Crippen molar-refractivity contribution in [2.45, 2.75) is 25.5 Å². The topological polar surface area (TPSA) is 52.6 Å². The van der Waals surface area contributed by atoms with Crippen molar-refractivity contribution < 1.29 is 9.90 Å². The SMILES string of the molecule is CC(C(=O)Nc1ccc(Br)cc1)N1CC[C@H](O)C1. The Hall–Kier alpha value is -0.910. The highest BCUT2D eigenvalue weighted by atomic mass is 79.9. The number of likely N-dealkylation sites (tertiary alicyclic amines) is 1. The molecule has 1 saturated heterocycles. The molecule has 0 aliphatic carbocycles. The van der Waals surface area contributed by atoms with Gasteiger partial charge in [0, 0.05) is 23.2 Å². The maximum atomic E-state index is 12.0. The summed E-state index contributed by atoms with van der Waals surface area (Å²) in [6.45, 7) is 3.22. The first-order valence-electron chi connectivity index (χ1n) is 6.05. The monoisotopic (exact) mass is 312 g/mol. The summed E-state index contributed by atoms with van der Waals surface area (Å²) in [5, 5.41) is 12.3. The summed E-state index contributed by atoms with van der Waals surface area (Å²) in [4.78, 5) is 14.0. The van der Waals surface area contributed by atoms with Crippen LogP contribution in [-0.4, -0.2) is 41.1 Å². The van der Waals surface area contributed by atoms with Gasteiger partial charge in [-0.3, -0.25) is 9.69 Å². The fourth-order valence-corrected chi connectivity index (χ4v) is 2.33. The van der Waals surface area contributed by atoms with Crippen LogP contribution in [0.3, 0.4) is 0 Å². The molecular formula is C13H17BrN2O2. The van der Waals surface area contributed by atoms with Gasteiger partial charge in [-0.1, -0.05) is 15.9 Å². The van der Waals surface area contributed by atoms with Gasteiger partial charge in [-0.15, -0.1) is 0 Å². The highest BCUT2D eigenvalue weighted by Gasteiger charge is 2.28. The first-order chi connectivity index (χ1) is 8.56. The number of amides is 1. The summed E-state index contributed by atoms with van der Waals surface area (Å²) in [6.07, 6.45) is 0.448. The van der Waals surface area contributed by atoms with Crippen LogP contribution in [0.25, 0.3) is 0 Å². The van der Waals surface area contributed by atoms with Crippen LogP contribution in [0.5, 0.6) is 0 Å². The van der Waals surface area contributed by atoms with Crippen molar-refractivity contribution in [2.24, 2.45) is 0 Å². The molecule has 1 aliphatic rings. The molecule has 1 aliphatic heterocycles. The van der Waals surface area contributed by atoms with Crippen LogP contribution < -0.4 is 5.32 Å². The molecule has 2 atom stereocenters. The van der Waals surface area contributed by atoms with Crippen LogP contribution in [0.4, 0.5) is 5.69 Å². The van der Waals surface area contributed by atoms with Crippen molar-refractivity contribution in [3.63, 3.8) is 0 Å². The number of carbonyl (C=O) groups excluding carboxylic acids is 1. The molecule has 0 saturated carbocycles. The molecule has 18 heavy (non-hydrogen) atoms. The Bertz CT molecular complexity index is 422. The molecule has 98 valence electrons. The number of anilines is 1. The Morgan fingerprint density at radius 3 is 2.72 bits per heavy atom. The van der Waals surface area contributed by atoms with Crippen LogP contribution in [-0.2, 0) is 4.79 Å². The molecule has 2 N–H and O–H groups in total. The molecule has 0 radical (unpaired) electrons. The van der Waals surface area contributed by atoms with E-state index in [0.717, 1.165) is 23.1 Å². The van der Waals surface area contributed by atoms with Gasteiger partial charge in [0.1, 0.15) is 0 Å². The lowest BCUT2D eigenvalue weighted by Crippen LogP contribution is -2.41. The smallest absolute Gasteiger partial charge is 0.241 e. The molecule has 0 bridgehead atoms. The summed E-state index contributed by atoms with van der Waals surface area (Å²) in [5.74, 6) is -0.0357. The number of halogens is 1. The molecular weight excluding hydrogens is 296 g/mol. The van der Waals surface area contributed by atoms with Crippen LogP contribution in [0.2, 0.25) is 0 Å². The van der Waals surface area contributed by atoms with Gasteiger partial charge >= 0.3 is 0 Å². The third-order valence-electron chi connectivity index (χ3n) is 3.23. The quantitative estimate of drug-likeness (QED) is 0.895. The zero-order valence-corrected chi connectivity index (χ0v) is 11.9. The fraction of sp³-hybridized carbons (Fsp3) is 0.462. The second-order valence-electron chi connectivity index (χ2n) is 4.61. The molecule has 0 spiro atoms. The van der Waals surface area contributed by atoms with Gasteiger partial charge in [-0.05, 0) is 37.6 Å². The van der Waals surface area contributed by atoms with E-state index in [2.05, 4.69) is 21.2 Å². The largest absolute Gasteiger partial charge is 0.392 e. The van der Waals surface area contributed by atoms with E-state index in [1.54, 1.807) is 0 Å². The van der Waals surface area contributed by atoms with Crippen molar-refractivity contribution in [1.29, 1.82) is 0 Å². The summed E-state index contributed by atoms with van der Waals surface area (Å²) in [7, 11) is 0. The van der Waals surface area contributed by atoms with E-state index in [-0.39, 0.29) is 18.1 Å². The predicted molar refractivity (Wildman–Crippen MR) is 74.4 cm³/mol. The molecule has 1 aromatic rings. The van der Waals surface area contributed by atoms with E-state index in [9.17, 15) is 9.90 Å². The minimum absolute atomic E-state index is 0.0357. The number of hydrogen-bond acceptors (Lipinski definition) is 3. The van der Waals surface area contributed by atoms with Crippen molar-refractivity contribution in [3.8, 4) is 0 Å². The van der Waals surface area contributed by atoms with Gasteiger partial charge in [0.2, 0.25) is 5.91 Å². The molecule has 1 unspecified atom stereocenters. The van der Waals surface area contributed by atoms with Crippen molar-refractivity contribution in [1.82, 2.24) is 4.90 Å². The molecule has 1 aromatic carbocycles. The fourth-order valence-electron chi connectivity index (χ4n) is 2.07. The minimum Gasteiger partial charge on any atom is -0.392 e. The molecule has 5 heteroatoms. The van der Waals surface area contributed by atoms with E-state index in [1.807, 2.05) is 36.1 Å². The molecule has 1 fully saturated rings. The number of carbonyl (C=O) groups is 1. The average molecular weight is 313 g/mol. The predicted octanol–water partition coefficient (Wildman–Crippen LogP) is 1.84. The normalized spacial score (nSPS) is 21.8.